The highest BCUT2D eigenvalue weighted by Crippen LogP contribution is 2.28. The second kappa shape index (κ2) is 11.5. The van der Waals surface area contributed by atoms with Crippen molar-refractivity contribution in [3.63, 3.8) is 0 Å². The first-order valence-corrected chi connectivity index (χ1v) is 9.72. The van der Waals surface area contributed by atoms with Gasteiger partial charge in [0.25, 0.3) is 0 Å². The van der Waals surface area contributed by atoms with Crippen molar-refractivity contribution in [1.82, 2.24) is 4.90 Å². The second-order valence-corrected chi connectivity index (χ2v) is 7.18. The molecule has 0 heterocycles. The Kier molecular flexibility index (Phi) is 9.06. The summed E-state index contributed by atoms with van der Waals surface area (Å²) in [5.74, 6) is 1.02. The molecule has 3 heteroatoms. The quantitative estimate of drug-likeness (QED) is 0.419. The molecule has 0 radical (unpaired) electrons. The lowest BCUT2D eigenvalue weighted by Gasteiger charge is -2.15. The van der Waals surface area contributed by atoms with Gasteiger partial charge in [0.05, 0.1) is 6.61 Å². The fourth-order valence-corrected chi connectivity index (χ4v) is 3.21. The van der Waals surface area contributed by atoms with Gasteiger partial charge in [-0.05, 0) is 67.7 Å². The van der Waals surface area contributed by atoms with Crippen molar-refractivity contribution in [2.24, 2.45) is 0 Å². The van der Waals surface area contributed by atoms with Crippen LogP contribution in [0.2, 0.25) is 0 Å². The summed E-state index contributed by atoms with van der Waals surface area (Å²) in [5.41, 5.74) is 5.14. The van der Waals surface area contributed by atoms with Gasteiger partial charge in [0.1, 0.15) is 5.75 Å². The Hall–Kier alpha value is -2.29. The average molecular weight is 396 g/mol. The van der Waals surface area contributed by atoms with Crippen LogP contribution < -0.4 is 4.74 Å². The monoisotopic (exact) mass is 395 g/mol. The highest BCUT2D eigenvalue weighted by molar-refractivity contribution is 5.85. The first-order valence-electron chi connectivity index (χ1n) is 9.72. The van der Waals surface area contributed by atoms with Gasteiger partial charge in [0.15, 0.2) is 0 Å². The minimum absolute atomic E-state index is 0. The molecule has 0 aliphatic carbocycles. The predicted octanol–water partition coefficient (Wildman–Crippen LogP) is 5.89. The number of rotatable bonds is 9. The Bertz CT molecular complexity index is 818. The van der Waals surface area contributed by atoms with Crippen LogP contribution in [0, 0.1) is 0 Å². The third-order valence-electron chi connectivity index (χ3n) is 4.70. The second-order valence-electron chi connectivity index (χ2n) is 7.18. The molecule has 0 N–H and O–H groups in total. The van der Waals surface area contributed by atoms with Crippen LogP contribution in [0.4, 0.5) is 0 Å². The SMILES string of the molecule is CN(C)CCCOc1ccc(-c2ccccc2)cc1CCc1ccccc1.Cl. The van der Waals surface area contributed by atoms with E-state index in [1.165, 1.54) is 22.3 Å². The van der Waals surface area contributed by atoms with Crippen molar-refractivity contribution in [3.05, 3.63) is 90.0 Å². The molecule has 0 aliphatic heterocycles. The fraction of sp³-hybridized carbons (Fsp3) is 0.280. The highest BCUT2D eigenvalue weighted by Gasteiger charge is 2.08. The molecule has 3 aromatic carbocycles. The van der Waals surface area contributed by atoms with E-state index in [-0.39, 0.29) is 12.4 Å². The van der Waals surface area contributed by atoms with Crippen molar-refractivity contribution >= 4 is 12.4 Å². The van der Waals surface area contributed by atoms with Crippen LogP contribution in [0.15, 0.2) is 78.9 Å². The van der Waals surface area contributed by atoms with E-state index in [1.54, 1.807) is 0 Å². The summed E-state index contributed by atoms with van der Waals surface area (Å²) in [4.78, 5) is 2.19. The minimum atomic E-state index is 0. The Labute approximate surface area is 175 Å². The lowest BCUT2D eigenvalue weighted by atomic mass is 9.98. The van der Waals surface area contributed by atoms with Gasteiger partial charge in [0, 0.05) is 6.54 Å². The highest BCUT2D eigenvalue weighted by atomic mass is 35.5. The minimum Gasteiger partial charge on any atom is -0.493 e. The Morgan fingerprint density at radius 2 is 1.43 bits per heavy atom. The van der Waals surface area contributed by atoms with Gasteiger partial charge >= 0.3 is 0 Å². The van der Waals surface area contributed by atoms with Crippen LogP contribution in [0.1, 0.15) is 17.5 Å². The topological polar surface area (TPSA) is 12.5 Å². The normalized spacial score (nSPS) is 10.5. The van der Waals surface area contributed by atoms with Gasteiger partial charge in [-0.25, -0.2) is 0 Å². The standard InChI is InChI=1S/C25H29NO.ClH/c1-26(2)18-9-19-27-25-17-16-23(22-12-7-4-8-13-22)20-24(25)15-14-21-10-5-3-6-11-21;/h3-8,10-13,16-17,20H,9,14-15,18-19H2,1-2H3;1H. The molecule has 0 aromatic heterocycles. The van der Waals surface area contributed by atoms with Crippen molar-refractivity contribution in [1.29, 1.82) is 0 Å². The average Bonchev–Trinajstić information content (AvgIpc) is 2.71. The summed E-state index contributed by atoms with van der Waals surface area (Å²) in [5, 5.41) is 0. The molecule has 3 aromatic rings. The van der Waals surface area contributed by atoms with Gasteiger partial charge in [-0.3, -0.25) is 0 Å². The maximum atomic E-state index is 6.14. The molecule has 28 heavy (non-hydrogen) atoms. The molecule has 0 bridgehead atoms. The number of nitrogens with zero attached hydrogens (tertiary/aromatic N) is 1. The van der Waals surface area contributed by atoms with E-state index in [0.717, 1.165) is 38.2 Å². The van der Waals surface area contributed by atoms with Gasteiger partial charge < -0.3 is 9.64 Å². The number of halogens is 1. The molecule has 0 unspecified atom stereocenters. The Morgan fingerprint density at radius 3 is 2.11 bits per heavy atom. The maximum absolute atomic E-state index is 6.14. The molecule has 0 spiro atoms. The van der Waals surface area contributed by atoms with Crippen molar-refractivity contribution in [3.8, 4) is 16.9 Å². The van der Waals surface area contributed by atoms with Crippen LogP contribution in [-0.2, 0) is 12.8 Å². The van der Waals surface area contributed by atoms with Crippen LogP contribution >= 0.6 is 12.4 Å². The summed E-state index contributed by atoms with van der Waals surface area (Å²) in [6.07, 6.45) is 3.03. The van der Waals surface area contributed by atoms with Gasteiger partial charge in [-0.1, -0.05) is 66.7 Å². The van der Waals surface area contributed by atoms with E-state index < -0.39 is 0 Å². The molecular weight excluding hydrogens is 366 g/mol. The summed E-state index contributed by atoms with van der Waals surface area (Å²) < 4.78 is 6.14. The van der Waals surface area contributed by atoms with Crippen LogP contribution in [-0.4, -0.2) is 32.1 Å². The Morgan fingerprint density at radius 1 is 0.750 bits per heavy atom. The van der Waals surface area contributed by atoms with E-state index in [9.17, 15) is 0 Å². The Balaban J connectivity index is 0.00000280. The number of benzene rings is 3. The molecule has 0 saturated carbocycles. The summed E-state index contributed by atoms with van der Waals surface area (Å²) in [7, 11) is 4.19. The number of aryl methyl sites for hydroxylation is 2. The number of hydrogen-bond acceptors (Lipinski definition) is 2. The van der Waals surface area contributed by atoms with Crippen LogP contribution in [0.5, 0.6) is 5.75 Å². The molecule has 0 aliphatic rings. The molecule has 0 fully saturated rings. The molecule has 3 rings (SSSR count). The van der Waals surface area contributed by atoms with E-state index in [4.69, 9.17) is 4.74 Å². The first kappa shape index (κ1) is 22.0. The molecule has 0 amide bonds. The van der Waals surface area contributed by atoms with Crippen molar-refractivity contribution in [2.45, 2.75) is 19.3 Å². The van der Waals surface area contributed by atoms with E-state index in [0.29, 0.717) is 0 Å². The lowest BCUT2D eigenvalue weighted by molar-refractivity contribution is 0.279. The smallest absolute Gasteiger partial charge is 0.122 e. The zero-order valence-electron chi connectivity index (χ0n) is 16.8. The van der Waals surface area contributed by atoms with Crippen LogP contribution in [0.25, 0.3) is 11.1 Å². The van der Waals surface area contributed by atoms with E-state index in [1.807, 2.05) is 0 Å². The van der Waals surface area contributed by atoms with Gasteiger partial charge in [-0.2, -0.15) is 0 Å². The summed E-state index contributed by atoms with van der Waals surface area (Å²) in [6, 6.07) is 27.8. The molecule has 0 atom stereocenters. The third-order valence-corrected chi connectivity index (χ3v) is 4.70. The summed E-state index contributed by atoms with van der Waals surface area (Å²) >= 11 is 0. The van der Waals surface area contributed by atoms with Gasteiger partial charge in [0.2, 0.25) is 0 Å². The third kappa shape index (κ3) is 6.70. The first-order chi connectivity index (χ1) is 13.2. The van der Waals surface area contributed by atoms with Crippen molar-refractivity contribution < 1.29 is 4.74 Å². The summed E-state index contributed by atoms with van der Waals surface area (Å²) in [6.45, 7) is 1.79. The molecule has 0 saturated heterocycles. The number of ether oxygens (including phenoxy) is 1. The van der Waals surface area contributed by atoms with E-state index in [2.05, 4.69) is 97.9 Å². The fourth-order valence-electron chi connectivity index (χ4n) is 3.21. The maximum Gasteiger partial charge on any atom is 0.122 e. The van der Waals surface area contributed by atoms with Crippen LogP contribution in [0.3, 0.4) is 0 Å². The molecular formula is C25H30ClNO. The van der Waals surface area contributed by atoms with Crippen molar-refractivity contribution in [2.75, 3.05) is 27.2 Å². The predicted molar refractivity (Wildman–Crippen MR) is 122 cm³/mol. The van der Waals surface area contributed by atoms with Gasteiger partial charge in [-0.15, -0.1) is 12.4 Å². The lowest BCUT2D eigenvalue weighted by Crippen LogP contribution is -2.15. The zero-order chi connectivity index (χ0) is 18.9. The zero-order valence-corrected chi connectivity index (χ0v) is 17.6. The largest absolute Gasteiger partial charge is 0.493 e. The number of hydrogen-bond donors (Lipinski definition) is 0. The molecule has 148 valence electrons. The molecule has 2 nitrogen and oxygen atoms in total. The van der Waals surface area contributed by atoms with E-state index >= 15 is 0 Å².